The predicted octanol–water partition coefficient (Wildman–Crippen LogP) is 2.34. The lowest BCUT2D eigenvalue weighted by Gasteiger charge is -2.29. The van der Waals surface area contributed by atoms with Crippen molar-refractivity contribution in [3.05, 3.63) is 12.2 Å². The molecule has 68 valence electrons. The smallest absolute Gasteiger partial charge is 0.0140 e. The average Bonchev–Trinajstić information content (AvgIpc) is 2.42. The summed E-state index contributed by atoms with van der Waals surface area (Å²) < 4.78 is 0. The first-order chi connectivity index (χ1) is 5.54. The zero-order chi connectivity index (χ0) is 8.77. The molecule has 0 aromatic rings. The van der Waals surface area contributed by atoms with Crippen LogP contribution in [0.2, 0.25) is 0 Å². The van der Waals surface area contributed by atoms with Crippen molar-refractivity contribution < 1.29 is 0 Å². The Hall–Kier alpha value is -0.300. The summed E-state index contributed by atoms with van der Waals surface area (Å²) >= 11 is 0. The minimum absolute atomic E-state index is 0.281. The number of hydrogen-bond donors (Lipinski definition) is 1. The molecule has 2 bridgehead atoms. The molecule has 1 N–H and O–H groups in total. The van der Waals surface area contributed by atoms with Crippen molar-refractivity contribution in [1.29, 1.82) is 0 Å². The molecule has 0 aromatic carbocycles. The molecule has 12 heavy (non-hydrogen) atoms. The third-order valence-corrected chi connectivity index (χ3v) is 2.90. The summed E-state index contributed by atoms with van der Waals surface area (Å²) in [6, 6.07) is 0.750. The van der Waals surface area contributed by atoms with Gasteiger partial charge >= 0.3 is 0 Å². The van der Waals surface area contributed by atoms with Crippen molar-refractivity contribution in [2.24, 2.45) is 11.8 Å². The molecule has 0 radical (unpaired) electrons. The van der Waals surface area contributed by atoms with Gasteiger partial charge in [-0.2, -0.15) is 0 Å². The van der Waals surface area contributed by atoms with Gasteiger partial charge in [0.15, 0.2) is 0 Å². The van der Waals surface area contributed by atoms with Crippen LogP contribution in [0.4, 0.5) is 0 Å². The van der Waals surface area contributed by atoms with E-state index in [1.54, 1.807) is 0 Å². The summed E-state index contributed by atoms with van der Waals surface area (Å²) in [7, 11) is 0. The van der Waals surface area contributed by atoms with Crippen LogP contribution in [0, 0.1) is 11.8 Å². The Morgan fingerprint density at radius 1 is 1.17 bits per heavy atom. The second-order valence-corrected chi connectivity index (χ2v) is 5.28. The summed E-state index contributed by atoms with van der Waals surface area (Å²) in [5, 5.41) is 3.70. The van der Waals surface area contributed by atoms with E-state index in [1.165, 1.54) is 12.8 Å². The molecule has 0 spiro atoms. The molecule has 0 amide bonds. The van der Waals surface area contributed by atoms with Crippen LogP contribution in [0.5, 0.6) is 0 Å². The molecule has 0 aliphatic heterocycles. The van der Waals surface area contributed by atoms with Gasteiger partial charge in [-0.1, -0.05) is 12.2 Å². The van der Waals surface area contributed by atoms with E-state index in [1.807, 2.05) is 0 Å². The predicted molar refractivity (Wildman–Crippen MR) is 52.0 cm³/mol. The summed E-state index contributed by atoms with van der Waals surface area (Å²) in [4.78, 5) is 0. The summed E-state index contributed by atoms with van der Waals surface area (Å²) in [5.74, 6) is 1.71. The normalized spacial score (nSPS) is 39.4. The maximum Gasteiger partial charge on any atom is 0.0140 e. The van der Waals surface area contributed by atoms with E-state index in [0.717, 1.165) is 17.9 Å². The second-order valence-electron chi connectivity index (χ2n) is 5.28. The molecule has 1 heteroatoms. The summed E-state index contributed by atoms with van der Waals surface area (Å²) in [5.41, 5.74) is 0.281. The minimum atomic E-state index is 0.281. The van der Waals surface area contributed by atoms with Gasteiger partial charge in [0.25, 0.3) is 0 Å². The van der Waals surface area contributed by atoms with Crippen LogP contribution in [0.25, 0.3) is 0 Å². The van der Waals surface area contributed by atoms with Crippen molar-refractivity contribution >= 4 is 0 Å². The van der Waals surface area contributed by atoms with E-state index in [2.05, 4.69) is 38.2 Å². The van der Waals surface area contributed by atoms with Crippen LogP contribution in [-0.4, -0.2) is 11.6 Å². The van der Waals surface area contributed by atoms with E-state index < -0.39 is 0 Å². The highest BCUT2D eigenvalue weighted by atomic mass is 15.0. The number of rotatable bonds is 1. The highest BCUT2D eigenvalue weighted by molar-refractivity contribution is 5.13. The molecule has 1 nitrogen and oxygen atoms in total. The Bertz CT molecular complexity index is 200. The number of allylic oxidation sites excluding steroid dienone is 1. The minimum Gasteiger partial charge on any atom is -0.309 e. The highest BCUT2D eigenvalue weighted by Gasteiger charge is 2.36. The number of hydrogen-bond acceptors (Lipinski definition) is 1. The lowest BCUT2D eigenvalue weighted by molar-refractivity contribution is 0.328. The van der Waals surface area contributed by atoms with Gasteiger partial charge in [-0.3, -0.25) is 0 Å². The molecule has 0 heterocycles. The monoisotopic (exact) mass is 165 g/mol. The molecule has 0 aromatic heterocycles. The molecule has 3 atom stereocenters. The lowest BCUT2D eigenvalue weighted by atomic mass is 9.98. The first kappa shape index (κ1) is 8.31. The first-order valence-corrected chi connectivity index (χ1v) is 5.01. The summed E-state index contributed by atoms with van der Waals surface area (Å²) in [6.45, 7) is 6.76. The topological polar surface area (TPSA) is 12.0 Å². The molecule has 2 rings (SSSR count). The van der Waals surface area contributed by atoms with Crippen molar-refractivity contribution in [2.75, 3.05) is 0 Å². The fourth-order valence-corrected chi connectivity index (χ4v) is 2.50. The number of nitrogens with one attached hydrogen (secondary N) is 1. The van der Waals surface area contributed by atoms with Crippen LogP contribution < -0.4 is 5.32 Å². The van der Waals surface area contributed by atoms with Crippen molar-refractivity contribution in [1.82, 2.24) is 5.32 Å². The average molecular weight is 165 g/mol. The maximum absolute atomic E-state index is 3.70. The Morgan fingerprint density at radius 3 is 2.33 bits per heavy atom. The zero-order valence-electron chi connectivity index (χ0n) is 8.30. The van der Waals surface area contributed by atoms with E-state index in [-0.39, 0.29) is 5.54 Å². The molecule has 1 saturated carbocycles. The molecular weight excluding hydrogens is 146 g/mol. The van der Waals surface area contributed by atoms with Gasteiger partial charge in [0.1, 0.15) is 0 Å². The van der Waals surface area contributed by atoms with E-state index >= 15 is 0 Å². The van der Waals surface area contributed by atoms with Crippen LogP contribution in [0.15, 0.2) is 12.2 Å². The third kappa shape index (κ3) is 1.56. The fourth-order valence-electron chi connectivity index (χ4n) is 2.50. The van der Waals surface area contributed by atoms with Crippen molar-refractivity contribution in [3.63, 3.8) is 0 Å². The SMILES string of the molecule is CC(C)(C)NC1CC2C=CC1C2. The van der Waals surface area contributed by atoms with Crippen LogP contribution in [-0.2, 0) is 0 Å². The third-order valence-electron chi connectivity index (χ3n) is 2.90. The first-order valence-electron chi connectivity index (χ1n) is 5.01. The largest absolute Gasteiger partial charge is 0.309 e. The molecule has 1 fully saturated rings. The van der Waals surface area contributed by atoms with E-state index in [0.29, 0.717) is 0 Å². The van der Waals surface area contributed by atoms with Gasteiger partial charge in [-0.25, -0.2) is 0 Å². The van der Waals surface area contributed by atoms with E-state index in [9.17, 15) is 0 Å². The quantitative estimate of drug-likeness (QED) is 0.588. The zero-order valence-corrected chi connectivity index (χ0v) is 8.30. The summed E-state index contributed by atoms with van der Waals surface area (Å²) in [6.07, 6.45) is 7.55. The molecule has 2 aliphatic rings. The van der Waals surface area contributed by atoms with Gasteiger partial charge in [0.05, 0.1) is 0 Å². The number of fused-ring (bicyclic) bond motifs is 2. The van der Waals surface area contributed by atoms with Gasteiger partial charge in [0, 0.05) is 11.6 Å². The van der Waals surface area contributed by atoms with Crippen molar-refractivity contribution in [2.45, 2.75) is 45.2 Å². The van der Waals surface area contributed by atoms with Crippen LogP contribution >= 0.6 is 0 Å². The standard InChI is InChI=1S/C11H19N/c1-11(2,3)12-10-7-8-4-5-9(10)6-8/h4-5,8-10,12H,6-7H2,1-3H3. The van der Waals surface area contributed by atoms with Crippen molar-refractivity contribution in [3.8, 4) is 0 Å². The van der Waals surface area contributed by atoms with Crippen LogP contribution in [0.1, 0.15) is 33.6 Å². The Balaban J connectivity index is 1.96. The molecular formula is C11H19N. The van der Waals surface area contributed by atoms with Gasteiger partial charge in [-0.05, 0) is 45.4 Å². The van der Waals surface area contributed by atoms with Gasteiger partial charge in [-0.15, -0.1) is 0 Å². The highest BCUT2D eigenvalue weighted by Crippen LogP contribution is 2.39. The van der Waals surface area contributed by atoms with E-state index in [4.69, 9.17) is 0 Å². The van der Waals surface area contributed by atoms with Gasteiger partial charge in [0.2, 0.25) is 0 Å². The second kappa shape index (κ2) is 2.59. The Labute approximate surface area is 75.2 Å². The van der Waals surface area contributed by atoms with Gasteiger partial charge < -0.3 is 5.32 Å². The van der Waals surface area contributed by atoms with Crippen LogP contribution in [0.3, 0.4) is 0 Å². The molecule has 3 unspecified atom stereocenters. The fraction of sp³-hybridized carbons (Fsp3) is 0.818. The molecule has 2 aliphatic carbocycles. The lowest BCUT2D eigenvalue weighted by Crippen LogP contribution is -2.45. The Morgan fingerprint density at radius 2 is 1.92 bits per heavy atom. The Kier molecular flexibility index (Phi) is 1.80. The maximum atomic E-state index is 3.70. The molecule has 0 saturated heterocycles.